The molecule has 0 radical (unpaired) electrons. The highest BCUT2D eigenvalue weighted by molar-refractivity contribution is 5.95. The Bertz CT molecular complexity index is 864. The molecule has 6 heteroatoms. The lowest BCUT2D eigenvalue weighted by Gasteiger charge is -2.32. The number of hydrogen-bond donors (Lipinski definition) is 1. The van der Waals surface area contributed by atoms with E-state index in [0.717, 1.165) is 19.3 Å². The number of carboxylic acids is 1. The number of carbonyl (C=O) groups excluding carboxylic acids is 1. The maximum Gasteiger partial charge on any atom is 0.341 e. The standard InChI is InChI=1S/C22H25NO5/c1-3-27-20-13-17(9-11-19(20)28-14-21(24)25)22(26)23(2)18-10-8-15-6-4-5-7-16(15)12-18/h4-7,9,11,13,18H,3,8,10,12,14H2,1-2H3,(H,24,25)/t18-/m0/s1. The van der Waals surface area contributed by atoms with Crippen molar-refractivity contribution >= 4 is 11.9 Å². The lowest BCUT2D eigenvalue weighted by Crippen LogP contribution is -2.40. The quantitative estimate of drug-likeness (QED) is 0.795. The largest absolute Gasteiger partial charge is 0.490 e. The maximum absolute atomic E-state index is 13.0. The molecule has 1 amide bonds. The van der Waals surface area contributed by atoms with Crippen LogP contribution in [-0.4, -0.2) is 48.2 Å². The molecule has 1 atom stereocenters. The average molecular weight is 383 g/mol. The number of hydrogen-bond acceptors (Lipinski definition) is 4. The molecule has 0 unspecified atom stereocenters. The highest BCUT2D eigenvalue weighted by atomic mass is 16.5. The van der Waals surface area contributed by atoms with E-state index in [0.29, 0.717) is 23.7 Å². The van der Waals surface area contributed by atoms with Crippen LogP contribution in [0.15, 0.2) is 42.5 Å². The van der Waals surface area contributed by atoms with Gasteiger partial charge in [0.2, 0.25) is 0 Å². The monoisotopic (exact) mass is 383 g/mol. The Morgan fingerprint density at radius 3 is 2.57 bits per heavy atom. The van der Waals surface area contributed by atoms with E-state index in [1.165, 1.54) is 11.1 Å². The summed E-state index contributed by atoms with van der Waals surface area (Å²) in [4.78, 5) is 25.6. The molecule has 3 rings (SSSR count). The molecule has 0 fully saturated rings. The zero-order valence-corrected chi connectivity index (χ0v) is 16.2. The molecular formula is C22H25NO5. The van der Waals surface area contributed by atoms with Crippen molar-refractivity contribution < 1.29 is 24.2 Å². The predicted octanol–water partition coefficient (Wildman–Crippen LogP) is 3.18. The van der Waals surface area contributed by atoms with Crippen molar-refractivity contribution in [2.75, 3.05) is 20.3 Å². The van der Waals surface area contributed by atoms with Crippen LogP contribution < -0.4 is 9.47 Å². The molecule has 0 saturated carbocycles. The summed E-state index contributed by atoms with van der Waals surface area (Å²) in [6, 6.07) is 13.4. The van der Waals surface area contributed by atoms with Gasteiger partial charge in [0, 0.05) is 18.7 Å². The van der Waals surface area contributed by atoms with Crippen molar-refractivity contribution in [1.82, 2.24) is 4.90 Å². The summed E-state index contributed by atoms with van der Waals surface area (Å²) < 4.78 is 10.8. The highest BCUT2D eigenvalue weighted by Gasteiger charge is 2.26. The van der Waals surface area contributed by atoms with Gasteiger partial charge in [0.05, 0.1) is 6.61 Å². The molecule has 28 heavy (non-hydrogen) atoms. The molecule has 6 nitrogen and oxygen atoms in total. The van der Waals surface area contributed by atoms with Crippen LogP contribution in [0.1, 0.15) is 34.8 Å². The van der Waals surface area contributed by atoms with E-state index in [9.17, 15) is 9.59 Å². The molecule has 1 aliphatic rings. The number of likely N-dealkylation sites (N-methyl/N-ethyl adjacent to an activating group) is 1. The maximum atomic E-state index is 13.0. The zero-order chi connectivity index (χ0) is 20.1. The van der Waals surface area contributed by atoms with Gasteiger partial charge in [0.25, 0.3) is 5.91 Å². The summed E-state index contributed by atoms with van der Waals surface area (Å²) in [5.41, 5.74) is 3.15. The van der Waals surface area contributed by atoms with Gasteiger partial charge in [-0.1, -0.05) is 24.3 Å². The molecule has 148 valence electrons. The van der Waals surface area contributed by atoms with Crippen molar-refractivity contribution in [3.05, 3.63) is 59.2 Å². The minimum atomic E-state index is -1.07. The van der Waals surface area contributed by atoms with E-state index in [-0.39, 0.29) is 11.9 Å². The van der Waals surface area contributed by atoms with E-state index in [2.05, 4.69) is 18.2 Å². The summed E-state index contributed by atoms with van der Waals surface area (Å²) in [7, 11) is 1.83. The van der Waals surface area contributed by atoms with Gasteiger partial charge in [0.1, 0.15) is 0 Å². The van der Waals surface area contributed by atoms with Crippen LogP contribution in [0, 0.1) is 0 Å². The van der Waals surface area contributed by atoms with Gasteiger partial charge in [-0.25, -0.2) is 4.79 Å². The van der Waals surface area contributed by atoms with E-state index >= 15 is 0 Å². The number of aliphatic carboxylic acids is 1. The Morgan fingerprint density at radius 1 is 1.11 bits per heavy atom. The molecule has 0 aromatic heterocycles. The fourth-order valence-corrected chi connectivity index (χ4v) is 3.55. The van der Waals surface area contributed by atoms with Crippen molar-refractivity contribution in [3.8, 4) is 11.5 Å². The van der Waals surface area contributed by atoms with Crippen molar-refractivity contribution in [1.29, 1.82) is 0 Å². The third-order valence-electron chi connectivity index (χ3n) is 5.03. The van der Waals surface area contributed by atoms with Crippen LogP contribution in [0.5, 0.6) is 11.5 Å². The Labute approximate surface area is 164 Å². The van der Waals surface area contributed by atoms with Gasteiger partial charge >= 0.3 is 5.97 Å². The van der Waals surface area contributed by atoms with Gasteiger partial charge in [0.15, 0.2) is 18.1 Å². The van der Waals surface area contributed by atoms with Gasteiger partial charge in [-0.2, -0.15) is 0 Å². The summed E-state index contributed by atoms with van der Waals surface area (Å²) >= 11 is 0. The highest BCUT2D eigenvalue weighted by Crippen LogP contribution is 2.30. The zero-order valence-electron chi connectivity index (χ0n) is 16.2. The van der Waals surface area contributed by atoms with Gasteiger partial charge in [-0.3, -0.25) is 4.79 Å². The molecule has 0 heterocycles. The van der Waals surface area contributed by atoms with E-state index in [1.54, 1.807) is 23.1 Å². The number of carbonyl (C=O) groups is 2. The van der Waals surface area contributed by atoms with Crippen LogP contribution in [0.25, 0.3) is 0 Å². The lowest BCUT2D eigenvalue weighted by atomic mass is 9.87. The molecule has 2 aromatic rings. The molecule has 2 aromatic carbocycles. The lowest BCUT2D eigenvalue weighted by molar-refractivity contribution is -0.139. The van der Waals surface area contributed by atoms with Crippen molar-refractivity contribution in [2.24, 2.45) is 0 Å². The predicted molar refractivity (Wildman–Crippen MR) is 105 cm³/mol. The van der Waals surface area contributed by atoms with Gasteiger partial charge in [-0.05, 0) is 55.5 Å². The fourth-order valence-electron chi connectivity index (χ4n) is 3.55. The topological polar surface area (TPSA) is 76.1 Å². The minimum Gasteiger partial charge on any atom is -0.490 e. The first-order valence-corrected chi connectivity index (χ1v) is 9.45. The van der Waals surface area contributed by atoms with E-state index < -0.39 is 12.6 Å². The smallest absolute Gasteiger partial charge is 0.341 e. The SMILES string of the molecule is CCOc1cc(C(=O)N(C)[C@H]2CCc3ccccc3C2)ccc1OCC(=O)O. The number of aryl methyl sites for hydroxylation is 1. The van der Waals surface area contributed by atoms with Crippen LogP contribution in [0.4, 0.5) is 0 Å². The summed E-state index contributed by atoms with van der Waals surface area (Å²) in [6.45, 7) is 1.74. The summed E-state index contributed by atoms with van der Waals surface area (Å²) in [5.74, 6) is -0.470. The second-order valence-corrected chi connectivity index (χ2v) is 6.86. The second kappa shape index (κ2) is 8.78. The minimum absolute atomic E-state index is 0.0879. The second-order valence-electron chi connectivity index (χ2n) is 6.86. The number of amides is 1. The number of benzene rings is 2. The Morgan fingerprint density at radius 2 is 1.86 bits per heavy atom. The summed E-state index contributed by atoms with van der Waals surface area (Å²) in [6.07, 6.45) is 2.73. The molecule has 1 N–H and O–H groups in total. The Kier molecular flexibility index (Phi) is 6.19. The number of ether oxygens (including phenoxy) is 2. The number of rotatable bonds is 7. The average Bonchev–Trinajstić information content (AvgIpc) is 2.71. The number of nitrogens with zero attached hydrogens (tertiary/aromatic N) is 1. The van der Waals surface area contributed by atoms with Gasteiger partial charge < -0.3 is 19.5 Å². The first-order chi connectivity index (χ1) is 13.5. The third kappa shape index (κ3) is 4.44. The van der Waals surface area contributed by atoms with Crippen LogP contribution in [0.3, 0.4) is 0 Å². The van der Waals surface area contributed by atoms with Gasteiger partial charge in [-0.15, -0.1) is 0 Å². The fraction of sp³-hybridized carbons (Fsp3) is 0.364. The molecule has 0 saturated heterocycles. The molecule has 0 spiro atoms. The van der Waals surface area contributed by atoms with E-state index in [1.807, 2.05) is 20.0 Å². The Balaban J connectivity index is 1.76. The first kappa shape index (κ1) is 19.7. The van der Waals surface area contributed by atoms with Crippen LogP contribution in [0.2, 0.25) is 0 Å². The van der Waals surface area contributed by atoms with E-state index in [4.69, 9.17) is 14.6 Å². The third-order valence-corrected chi connectivity index (χ3v) is 5.03. The van der Waals surface area contributed by atoms with Crippen LogP contribution >= 0.6 is 0 Å². The Hall–Kier alpha value is -3.02. The molecule has 0 bridgehead atoms. The number of carboxylic acid groups (broad SMARTS) is 1. The first-order valence-electron chi connectivity index (χ1n) is 9.45. The van der Waals surface area contributed by atoms with Crippen LogP contribution in [-0.2, 0) is 17.6 Å². The van der Waals surface area contributed by atoms with Crippen molar-refractivity contribution in [3.63, 3.8) is 0 Å². The normalized spacial score (nSPS) is 15.4. The summed E-state index contributed by atoms with van der Waals surface area (Å²) in [5, 5.41) is 8.80. The molecule has 0 aliphatic heterocycles. The number of fused-ring (bicyclic) bond motifs is 1. The van der Waals surface area contributed by atoms with Crippen molar-refractivity contribution in [2.45, 2.75) is 32.2 Å². The molecule has 1 aliphatic carbocycles. The molecular weight excluding hydrogens is 358 g/mol.